The van der Waals surface area contributed by atoms with Crippen LogP contribution in [-0.2, 0) is 22.6 Å². The van der Waals surface area contributed by atoms with Crippen LogP contribution < -0.4 is 0 Å². The summed E-state index contributed by atoms with van der Waals surface area (Å²) in [5.41, 5.74) is 2.10. The Balaban J connectivity index is 1.69. The first kappa shape index (κ1) is 23.1. The van der Waals surface area contributed by atoms with Gasteiger partial charge >= 0.3 is 0 Å². The SMILES string of the molecule is CC(C)N(CC(=O)N(CCc1ccccc1)Cc1ccco1)C(=O)C=Cc1ccccc1. The molecule has 1 aromatic heterocycles. The number of rotatable bonds is 10. The Morgan fingerprint density at radius 3 is 2.25 bits per heavy atom. The third-order valence-corrected chi connectivity index (χ3v) is 5.22. The van der Waals surface area contributed by atoms with Crippen molar-refractivity contribution in [3.8, 4) is 0 Å². The number of hydrogen-bond donors (Lipinski definition) is 0. The standard InChI is InChI=1S/C27H30N2O3/c1-22(2)29(26(30)16-15-23-10-5-3-6-11-23)21-27(31)28(20-25-14-9-19-32-25)18-17-24-12-7-4-8-13-24/h3-16,19,22H,17-18,20-21H2,1-2H3. The van der Waals surface area contributed by atoms with Gasteiger partial charge in [0.1, 0.15) is 12.3 Å². The predicted octanol–water partition coefficient (Wildman–Crippen LogP) is 4.80. The molecule has 32 heavy (non-hydrogen) atoms. The second-order valence-corrected chi connectivity index (χ2v) is 7.93. The van der Waals surface area contributed by atoms with Gasteiger partial charge in [0.2, 0.25) is 11.8 Å². The predicted molar refractivity (Wildman–Crippen MR) is 127 cm³/mol. The molecule has 2 amide bonds. The second-order valence-electron chi connectivity index (χ2n) is 7.93. The molecule has 3 aromatic rings. The molecule has 0 aliphatic heterocycles. The van der Waals surface area contributed by atoms with Crippen LogP contribution in [0.4, 0.5) is 0 Å². The summed E-state index contributed by atoms with van der Waals surface area (Å²) in [5.74, 6) is 0.434. The van der Waals surface area contributed by atoms with Crippen LogP contribution in [0.2, 0.25) is 0 Å². The van der Waals surface area contributed by atoms with Crippen molar-refractivity contribution in [3.63, 3.8) is 0 Å². The lowest BCUT2D eigenvalue weighted by molar-refractivity contribution is -0.140. The molecule has 0 aliphatic carbocycles. The van der Waals surface area contributed by atoms with Crippen LogP contribution in [0, 0.1) is 0 Å². The van der Waals surface area contributed by atoms with Crippen molar-refractivity contribution in [2.45, 2.75) is 32.9 Å². The normalized spacial score (nSPS) is 11.1. The Morgan fingerprint density at radius 2 is 1.62 bits per heavy atom. The van der Waals surface area contributed by atoms with Crippen LogP contribution >= 0.6 is 0 Å². The molecule has 0 unspecified atom stereocenters. The molecule has 0 aliphatic rings. The maximum Gasteiger partial charge on any atom is 0.247 e. The summed E-state index contributed by atoms with van der Waals surface area (Å²) in [7, 11) is 0. The highest BCUT2D eigenvalue weighted by atomic mass is 16.3. The smallest absolute Gasteiger partial charge is 0.247 e. The van der Waals surface area contributed by atoms with E-state index in [1.54, 1.807) is 22.1 Å². The van der Waals surface area contributed by atoms with Crippen LogP contribution in [-0.4, -0.2) is 40.7 Å². The van der Waals surface area contributed by atoms with E-state index < -0.39 is 0 Å². The van der Waals surface area contributed by atoms with Crippen molar-refractivity contribution in [3.05, 3.63) is 102 Å². The van der Waals surface area contributed by atoms with Gasteiger partial charge in [0.25, 0.3) is 0 Å². The fourth-order valence-electron chi connectivity index (χ4n) is 3.38. The zero-order chi connectivity index (χ0) is 22.8. The lowest BCUT2D eigenvalue weighted by Gasteiger charge is -2.29. The molecule has 0 spiro atoms. The van der Waals surface area contributed by atoms with Crippen molar-refractivity contribution in [1.82, 2.24) is 9.80 Å². The van der Waals surface area contributed by atoms with Crippen LogP contribution in [0.3, 0.4) is 0 Å². The summed E-state index contributed by atoms with van der Waals surface area (Å²) >= 11 is 0. The summed E-state index contributed by atoms with van der Waals surface area (Å²) in [6.45, 7) is 4.78. The van der Waals surface area contributed by atoms with Crippen molar-refractivity contribution in [1.29, 1.82) is 0 Å². The number of benzene rings is 2. The van der Waals surface area contributed by atoms with Gasteiger partial charge in [-0.25, -0.2) is 0 Å². The minimum absolute atomic E-state index is 0.0190. The molecule has 3 rings (SSSR count). The summed E-state index contributed by atoms with van der Waals surface area (Å²) in [5, 5.41) is 0. The molecule has 0 fully saturated rings. The van der Waals surface area contributed by atoms with Gasteiger partial charge in [-0.15, -0.1) is 0 Å². The van der Waals surface area contributed by atoms with Gasteiger partial charge in [0.15, 0.2) is 0 Å². The zero-order valence-corrected chi connectivity index (χ0v) is 18.7. The monoisotopic (exact) mass is 430 g/mol. The van der Waals surface area contributed by atoms with Gasteiger partial charge in [-0.1, -0.05) is 60.7 Å². The molecule has 0 saturated carbocycles. The first-order chi connectivity index (χ1) is 15.5. The third kappa shape index (κ3) is 6.98. The molecule has 1 heterocycles. The first-order valence-corrected chi connectivity index (χ1v) is 10.9. The number of carbonyl (C=O) groups is 2. The molecule has 0 bridgehead atoms. The highest BCUT2D eigenvalue weighted by molar-refractivity contribution is 5.94. The van der Waals surface area contributed by atoms with E-state index in [0.29, 0.717) is 13.1 Å². The average molecular weight is 431 g/mol. The van der Waals surface area contributed by atoms with Crippen LogP contribution in [0.15, 0.2) is 89.6 Å². The van der Waals surface area contributed by atoms with E-state index >= 15 is 0 Å². The molecule has 166 valence electrons. The summed E-state index contributed by atoms with van der Waals surface area (Å²) in [6.07, 6.45) is 5.64. The maximum absolute atomic E-state index is 13.3. The Bertz CT molecular complexity index is 996. The van der Waals surface area contributed by atoms with Crippen LogP contribution in [0.1, 0.15) is 30.7 Å². The number of nitrogens with zero attached hydrogens (tertiary/aromatic N) is 2. The average Bonchev–Trinajstić information content (AvgIpc) is 3.33. The first-order valence-electron chi connectivity index (χ1n) is 10.9. The Hall–Kier alpha value is -3.60. The number of hydrogen-bond acceptors (Lipinski definition) is 3. The van der Waals surface area contributed by atoms with E-state index in [-0.39, 0.29) is 24.4 Å². The van der Waals surface area contributed by atoms with E-state index in [1.807, 2.05) is 86.6 Å². The Kier molecular flexibility index (Phi) is 8.44. The molecular formula is C27H30N2O3. The van der Waals surface area contributed by atoms with Crippen molar-refractivity contribution < 1.29 is 14.0 Å². The third-order valence-electron chi connectivity index (χ3n) is 5.22. The van der Waals surface area contributed by atoms with E-state index in [1.165, 1.54) is 6.08 Å². The van der Waals surface area contributed by atoms with Gasteiger partial charge in [-0.05, 0) is 49.6 Å². The minimum Gasteiger partial charge on any atom is -0.467 e. The van der Waals surface area contributed by atoms with Crippen molar-refractivity contribution >= 4 is 17.9 Å². The fraction of sp³-hybridized carbons (Fsp3) is 0.259. The molecular weight excluding hydrogens is 400 g/mol. The molecule has 2 aromatic carbocycles. The van der Waals surface area contributed by atoms with Gasteiger partial charge < -0.3 is 14.2 Å². The lowest BCUT2D eigenvalue weighted by Crippen LogP contribution is -2.45. The number of carbonyl (C=O) groups excluding carboxylic acids is 2. The fourth-order valence-corrected chi connectivity index (χ4v) is 3.38. The Morgan fingerprint density at radius 1 is 0.938 bits per heavy atom. The molecule has 0 atom stereocenters. The highest BCUT2D eigenvalue weighted by Gasteiger charge is 2.23. The van der Waals surface area contributed by atoms with Crippen LogP contribution in [0.25, 0.3) is 6.08 Å². The zero-order valence-electron chi connectivity index (χ0n) is 18.7. The quantitative estimate of drug-likeness (QED) is 0.434. The summed E-state index contributed by atoms with van der Waals surface area (Å²) in [6, 6.07) is 23.3. The largest absolute Gasteiger partial charge is 0.467 e. The topological polar surface area (TPSA) is 53.8 Å². The van der Waals surface area contributed by atoms with Crippen LogP contribution in [0.5, 0.6) is 0 Å². The van der Waals surface area contributed by atoms with E-state index in [9.17, 15) is 9.59 Å². The summed E-state index contributed by atoms with van der Waals surface area (Å²) < 4.78 is 5.47. The molecule has 0 radical (unpaired) electrons. The molecule has 0 N–H and O–H groups in total. The van der Waals surface area contributed by atoms with Crippen molar-refractivity contribution in [2.75, 3.05) is 13.1 Å². The number of amides is 2. The maximum atomic E-state index is 13.3. The van der Waals surface area contributed by atoms with E-state index in [0.717, 1.165) is 23.3 Å². The lowest BCUT2D eigenvalue weighted by atomic mass is 10.1. The minimum atomic E-state index is -0.182. The van der Waals surface area contributed by atoms with Crippen molar-refractivity contribution in [2.24, 2.45) is 0 Å². The highest BCUT2D eigenvalue weighted by Crippen LogP contribution is 2.11. The van der Waals surface area contributed by atoms with Gasteiger partial charge in [-0.2, -0.15) is 0 Å². The van der Waals surface area contributed by atoms with E-state index in [2.05, 4.69) is 0 Å². The van der Waals surface area contributed by atoms with Gasteiger partial charge in [0, 0.05) is 18.7 Å². The van der Waals surface area contributed by atoms with E-state index in [4.69, 9.17) is 4.42 Å². The molecule has 0 saturated heterocycles. The van der Waals surface area contributed by atoms with Gasteiger partial charge in [0.05, 0.1) is 12.8 Å². The molecule has 5 heteroatoms. The summed E-state index contributed by atoms with van der Waals surface area (Å²) in [4.78, 5) is 29.5. The second kappa shape index (κ2) is 11.7. The number of furan rings is 1. The Labute approximate surface area is 190 Å². The molecule has 5 nitrogen and oxygen atoms in total. The van der Waals surface area contributed by atoms with Gasteiger partial charge in [-0.3, -0.25) is 9.59 Å².